The van der Waals surface area contributed by atoms with Gasteiger partial charge >= 0.3 is 0 Å². The van der Waals surface area contributed by atoms with Crippen LogP contribution < -0.4 is 0 Å². The van der Waals surface area contributed by atoms with Gasteiger partial charge in [0.1, 0.15) is 0 Å². The van der Waals surface area contributed by atoms with Crippen LogP contribution in [0.3, 0.4) is 0 Å². The normalized spacial score (nSPS) is 10.6. The van der Waals surface area contributed by atoms with E-state index in [1.807, 2.05) is 0 Å². The lowest BCUT2D eigenvalue weighted by Crippen LogP contribution is -1.90. The first-order valence-electron chi connectivity index (χ1n) is 5.04. The molecule has 0 aliphatic heterocycles. The third-order valence-electron chi connectivity index (χ3n) is 2.49. The first kappa shape index (κ1) is 15.0. The van der Waals surface area contributed by atoms with E-state index in [1.165, 1.54) is 0 Å². The third-order valence-corrected chi connectivity index (χ3v) is 4.23. The van der Waals surface area contributed by atoms with Crippen molar-refractivity contribution in [3.8, 4) is 11.1 Å². The average molecular weight is 354 g/mol. The minimum Gasteiger partial charge on any atom is -0.276 e. The Morgan fingerprint density at radius 1 is 0.842 bits per heavy atom. The van der Waals surface area contributed by atoms with E-state index < -0.39 is 5.24 Å². The molecular weight excluding hydrogens is 349 g/mol. The van der Waals surface area contributed by atoms with E-state index in [1.54, 1.807) is 30.3 Å². The van der Waals surface area contributed by atoms with Crippen LogP contribution in [0.4, 0.5) is 0 Å². The molecule has 0 fully saturated rings. The predicted molar refractivity (Wildman–Crippen MR) is 82.1 cm³/mol. The van der Waals surface area contributed by atoms with Gasteiger partial charge in [0.15, 0.2) is 0 Å². The van der Waals surface area contributed by atoms with Crippen molar-refractivity contribution in [2.45, 2.75) is 0 Å². The first-order chi connectivity index (χ1) is 8.90. The largest absolute Gasteiger partial charge is 0.276 e. The molecule has 98 valence electrons. The van der Waals surface area contributed by atoms with Gasteiger partial charge in [-0.3, -0.25) is 4.79 Å². The summed E-state index contributed by atoms with van der Waals surface area (Å²) in [6.07, 6.45) is 0. The molecule has 0 saturated carbocycles. The number of hydrogen-bond donors (Lipinski definition) is 0. The summed E-state index contributed by atoms with van der Waals surface area (Å²) in [7, 11) is 0. The highest BCUT2D eigenvalue weighted by molar-refractivity contribution is 6.67. The predicted octanol–water partition coefficient (Wildman–Crippen LogP) is 6.35. The molecular formula is C13H5Cl5O. The Morgan fingerprint density at radius 2 is 1.42 bits per heavy atom. The number of carbonyl (C=O) groups excluding carboxylic acids is 1. The fourth-order valence-corrected chi connectivity index (χ4v) is 2.52. The van der Waals surface area contributed by atoms with Gasteiger partial charge in [0, 0.05) is 16.1 Å². The Balaban J connectivity index is 2.64. The Labute approximate surface area is 135 Å². The monoisotopic (exact) mass is 352 g/mol. The molecule has 2 rings (SSSR count). The molecule has 0 saturated heterocycles. The van der Waals surface area contributed by atoms with Gasteiger partial charge in [-0.2, -0.15) is 0 Å². The number of hydrogen-bond acceptors (Lipinski definition) is 1. The highest BCUT2D eigenvalue weighted by atomic mass is 35.5. The first-order valence-corrected chi connectivity index (χ1v) is 6.93. The zero-order valence-electron chi connectivity index (χ0n) is 9.18. The van der Waals surface area contributed by atoms with Gasteiger partial charge in [0.05, 0.1) is 15.1 Å². The number of rotatable bonds is 2. The van der Waals surface area contributed by atoms with Crippen LogP contribution in [0.2, 0.25) is 20.1 Å². The summed E-state index contributed by atoms with van der Waals surface area (Å²) in [6, 6.07) is 7.95. The molecule has 0 aromatic heterocycles. The lowest BCUT2D eigenvalue weighted by Gasteiger charge is -2.08. The fourth-order valence-electron chi connectivity index (χ4n) is 1.58. The van der Waals surface area contributed by atoms with Crippen molar-refractivity contribution >= 4 is 63.2 Å². The molecule has 19 heavy (non-hydrogen) atoms. The van der Waals surface area contributed by atoms with Gasteiger partial charge in [-0.05, 0) is 47.5 Å². The van der Waals surface area contributed by atoms with Crippen molar-refractivity contribution in [3.05, 3.63) is 56.0 Å². The zero-order valence-corrected chi connectivity index (χ0v) is 13.0. The molecule has 1 nitrogen and oxygen atoms in total. The van der Waals surface area contributed by atoms with Crippen LogP contribution in [-0.2, 0) is 0 Å². The quantitative estimate of drug-likeness (QED) is 0.454. The van der Waals surface area contributed by atoms with Gasteiger partial charge in [-0.1, -0.05) is 46.4 Å². The molecule has 0 amide bonds. The molecule has 0 spiro atoms. The summed E-state index contributed by atoms with van der Waals surface area (Å²) in [4.78, 5) is 11.2. The molecule has 6 heteroatoms. The van der Waals surface area contributed by atoms with Gasteiger partial charge in [-0.15, -0.1) is 0 Å². The van der Waals surface area contributed by atoms with E-state index in [0.29, 0.717) is 31.8 Å². The van der Waals surface area contributed by atoms with Crippen LogP contribution in [0, 0.1) is 0 Å². The van der Waals surface area contributed by atoms with Gasteiger partial charge in [-0.25, -0.2) is 0 Å². The van der Waals surface area contributed by atoms with E-state index in [4.69, 9.17) is 58.0 Å². The number of carbonyl (C=O) groups is 1. The van der Waals surface area contributed by atoms with E-state index in [0.717, 1.165) is 0 Å². The summed E-state index contributed by atoms with van der Waals surface area (Å²) in [6.45, 7) is 0. The van der Waals surface area contributed by atoms with E-state index in [9.17, 15) is 4.79 Å². The highest BCUT2D eigenvalue weighted by Gasteiger charge is 2.12. The van der Waals surface area contributed by atoms with Crippen LogP contribution in [0.25, 0.3) is 11.1 Å². The van der Waals surface area contributed by atoms with E-state index >= 15 is 0 Å². The van der Waals surface area contributed by atoms with Crippen molar-refractivity contribution in [3.63, 3.8) is 0 Å². The molecule has 0 bridgehead atoms. The van der Waals surface area contributed by atoms with Crippen molar-refractivity contribution in [1.82, 2.24) is 0 Å². The molecule has 0 heterocycles. The van der Waals surface area contributed by atoms with Crippen LogP contribution in [-0.4, -0.2) is 5.24 Å². The Hall–Kier alpha value is -0.440. The molecule has 0 radical (unpaired) electrons. The summed E-state index contributed by atoms with van der Waals surface area (Å²) >= 11 is 29.4. The Kier molecular flexibility index (Phi) is 4.65. The van der Waals surface area contributed by atoms with Gasteiger partial charge in [0.2, 0.25) is 0 Å². The number of halogens is 5. The van der Waals surface area contributed by atoms with Crippen molar-refractivity contribution in [2.75, 3.05) is 0 Å². The molecule has 0 atom stereocenters. The lowest BCUT2D eigenvalue weighted by molar-refractivity contribution is 0.108. The molecule has 2 aromatic carbocycles. The van der Waals surface area contributed by atoms with E-state index in [2.05, 4.69) is 0 Å². The van der Waals surface area contributed by atoms with Crippen molar-refractivity contribution in [2.24, 2.45) is 0 Å². The van der Waals surface area contributed by atoms with E-state index in [-0.39, 0.29) is 5.02 Å². The minimum absolute atomic E-state index is 0.271. The highest BCUT2D eigenvalue weighted by Crippen LogP contribution is 2.37. The summed E-state index contributed by atoms with van der Waals surface area (Å²) < 4.78 is 0. The van der Waals surface area contributed by atoms with Crippen LogP contribution in [0.5, 0.6) is 0 Å². The zero-order chi connectivity index (χ0) is 14.2. The van der Waals surface area contributed by atoms with Crippen LogP contribution >= 0.6 is 58.0 Å². The second-order valence-electron chi connectivity index (χ2n) is 3.72. The second kappa shape index (κ2) is 5.90. The number of benzene rings is 2. The third kappa shape index (κ3) is 3.18. The molecule has 0 unspecified atom stereocenters. The summed E-state index contributed by atoms with van der Waals surface area (Å²) in [5.41, 5.74) is 1.60. The van der Waals surface area contributed by atoms with Crippen molar-refractivity contribution in [1.29, 1.82) is 0 Å². The standard InChI is InChI=1S/C13H5Cl5O/c14-9-2-1-6(13(18)19)3-8(9)7-4-10(15)12(17)11(16)5-7/h1-5H. The SMILES string of the molecule is O=C(Cl)c1ccc(Cl)c(-c2cc(Cl)c(Cl)c(Cl)c2)c1. The Morgan fingerprint density at radius 3 is 1.95 bits per heavy atom. The van der Waals surface area contributed by atoms with Gasteiger partial charge < -0.3 is 0 Å². The molecule has 0 aliphatic carbocycles. The Bertz CT molecular complexity index is 643. The molecule has 2 aromatic rings. The van der Waals surface area contributed by atoms with Crippen LogP contribution in [0.1, 0.15) is 10.4 Å². The molecule has 0 N–H and O–H groups in total. The smallest absolute Gasteiger partial charge is 0.252 e. The summed E-state index contributed by atoms with van der Waals surface area (Å²) in [5, 5.41) is 0.777. The molecule has 0 aliphatic rings. The lowest BCUT2D eigenvalue weighted by atomic mass is 10.0. The maximum Gasteiger partial charge on any atom is 0.252 e. The topological polar surface area (TPSA) is 17.1 Å². The maximum atomic E-state index is 11.2. The maximum absolute atomic E-state index is 11.2. The van der Waals surface area contributed by atoms with Crippen molar-refractivity contribution < 1.29 is 4.79 Å². The van der Waals surface area contributed by atoms with Gasteiger partial charge in [0.25, 0.3) is 5.24 Å². The fraction of sp³-hybridized carbons (Fsp3) is 0. The minimum atomic E-state index is -0.566. The average Bonchev–Trinajstić information content (AvgIpc) is 2.35. The second-order valence-corrected chi connectivity index (χ2v) is 5.67. The summed E-state index contributed by atoms with van der Waals surface area (Å²) in [5.74, 6) is 0. The van der Waals surface area contributed by atoms with Crippen LogP contribution in [0.15, 0.2) is 30.3 Å².